The molecule has 2 heterocycles. The number of esters is 1. The third kappa shape index (κ3) is 6.90. The molecule has 13 heteroatoms. The van der Waals surface area contributed by atoms with E-state index in [-0.39, 0.29) is 35.6 Å². The third-order valence-electron chi connectivity index (χ3n) is 5.16. The minimum absolute atomic E-state index is 0.107. The summed E-state index contributed by atoms with van der Waals surface area (Å²) in [6, 6.07) is 7.34. The average Bonchev–Trinajstić information content (AvgIpc) is 3.36. The van der Waals surface area contributed by atoms with Gasteiger partial charge in [-0.05, 0) is 43.3 Å². The molecule has 12 nitrogen and oxygen atoms in total. The Bertz CT molecular complexity index is 1170. The van der Waals surface area contributed by atoms with Gasteiger partial charge in [-0.25, -0.2) is 8.42 Å². The number of anilines is 1. The number of hydrogen-bond donors (Lipinski definition) is 2. The van der Waals surface area contributed by atoms with Crippen molar-refractivity contribution in [1.82, 2.24) is 14.5 Å². The molecule has 3 rings (SSSR count). The van der Waals surface area contributed by atoms with E-state index in [2.05, 4.69) is 10.0 Å². The maximum atomic E-state index is 12.5. The van der Waals surface area contributed by atoms with Crippen LogP contribution in [-0.2, 0) is 29.1 Å². The number of carbonyl (C=O) groups excluding carboxylic acids is 4. The molecule has 1 aromatic carbocycles. The predicted octanol–water partition coefficient (Wildman–Crippen LogP) is 0.433. The summed E-state index contributed by atoms with van der Waals surface area (Å²) in [4.78, 5) is 50.9. The number of rotatable bonds is 8. The topological polar surface area (TPSA) is 155 Å². The van der Waals surface area contributed by atoms with Gasteiger partial charge in [0.05, 0.1) is 11.2 Å². The molecule has 188 valence electrons. The van der Waals surface area contributed by atoms with Crippen molar-refractivity contribution in [3.05, 3.63) is 48.4 Å². The largest absolute Gasteiger partial charge is 0.459 e. The molecule has 1 aliphatic heterocycles. The Kier molecular flexibility index (Phi) is 8.25. The molecule has 1 aliphatic rings. The summed E-state index contributed by atoms with van der Waals surface area (Å²) in [6.07, 6.45) is 1.41. The third-order valence-corrected chi connectivity index (χ3v) is 6.72. The smallest absolute Gasteiger partial charge is 0.324 e. The van der Waals surface area contributed by atoms with E-state index in [1.807, 2.05) is 0 Å². The van der Waals surface area contributed by atoms with Gasteiger partial charge in [0, 0.05) is 38.8 Å². The zero-order valence-electron chi connectivity index (χ0n) is 19.2. The second-order valence-corrected chi connectivity index (χ2v) is 9.52. The molecule has 0 saturated carbocycles. The Morgan fingerprint density at radius 2 is 1.66 bits per heavy atom. The number of furan rings is 1. The van der Waals surface area contributed by atoms with Crippen LogP contribution in [0.4, 0.5) is 5.69 Å². The standard InChI is InChI=1S/C22H26N4O8S/c1-15(24-35(31,32)18-7-5-17(6-8-18)23-16(2)27)22(30)34-14-20(28)25-9-11-26(12-10-25)21(29)19-4-3-13-33-19/h3-8,13,15,24H,9-12,14H2,1-2H3,(H,23,27)/t15-/m0/s1. The van der Waals surface area contributed by atoms with Crippen molar-refractivity contribution in [2.75, 3.05) is 38.1 Å². The number of hydrogen-bond acceptors (Lipinski definition) is 8. The lowest BCUT2D eigenvalue weighted by Crippen LogP contribution is -2.51. The second kappa shape index (κ2) is 11.1. The van der Waals surface area contributed by atoms with Gasteiger partial charge < -0.3 is 24.3 Å². The van der Waals surface area contributed by atoms with Crippen LogP contribution in [0.1, 0.15) is 24.4 Å². The first-order valence-corrected chi connectivity index (χ1v) is 12.2. The fourth-order valence-corrected chi connectivity index (χ4v) is 4.53. The minimum atomic E-state index is -4.05. The molecule has 0 aliphatic carbocycles. The van der Waals surface area contributed by atoms with Crippen LogP contribution < -0.4 is 10.0 Å². The van der Waals surface area contributed by atoms with E-state index in [1.54, 1.807) is 17.0 Å². The fourth-order valence-electron chi connectivity index (χ4n) is 3.33. The first-order chi connectivity index (χ1) is 16.6. The normalized spacial score (nSPS) is 14.8. The van der Waals surface area contributed by atoms with E-state index < -0.39 is 34.5 Å². The first kappa shape index (κ1) is 25.9. The highest BCUT2D eigenvalue weighted by Gasteiger charge is 2.28. The Morgan fingerprint density at radius 3 is 2.23 bits per heavy atom. The Balaban J connectivity index is 1.45. The molecule has 0 bridgehead atoms. The molecule has 0 radical (unpaired) electrons. The van der Waals surface area contributed by atoms with Gasteiger partial charge in [-0.3, -0.25) is 19.2 Å². The number of ether oxygens (including phenoxy) is 1. The van der Waals surface area contributed by atoms with E-state index in [0.29, 0.717) is 18.8 Å². The van der Waals surface area contributed by atoms with Crippen molar-refractivity contribution in [1.29, 1.82) is 0 Å². The van der Waals surface area contributed by atoms with Crippen LogP contribution >= 0.6 is 0 Å². The van der Waals surface area contributed by atoms with E-state index in [0.717, 1.165) is 0 Å². The van der Waals surface area contributed by atoms with Gasteiger partial charge in [0.2, 0.25) is 15.9 Å². The summed E-state index contributed by atoms with van der Waals surface area (Å²) in [6.45, 7) is 3.20. The van der Waals surface area contributed by atoms with Gasteiger partial charge in [0.1, 0.15) is 6.04 Å². The van der Waals surface area contributed by atoms with E-state index in [1.165, 1.54) is 49.3 Å². The first-order valence-electron chi connectivity index (χ1n) is 10.7. The van der Waals surface area contributed by atoms with Crippen LogP contribution in [0.25, 0.3) is 0 Å². The van der Waals surface area contributed by atoms with Gasteiger partial charge in [-0.1, -0.05) is 0 Å². The van der Waals surface area contributed by atoms with Gasteiger partial charge in [-0.2, -0.15) is 4.72 Å². The highest BCUT2D eigenvalue weighted by atomic mass is 32.2. The lowest BCUT2D eigenvalue weighted by atomic mass is 10.3. The van der Waals surface area contributed by atoms with E-state index >= 15 is 0 Å². The summed E-state index contributed by atoms with van der Waals surface area (Å²) >= 11 is 0. The number of benzene rings is 1. The molecule has 1 fully saturated rings. The monoisotopic (exact) mass is 506 g/mol. The molecule has 2 N–H and O–H groups in total. The van der Waals surface area contributed by atoms with Crippen molar-refractivity contribution in [2.24, 2.45) is 0 Å². The maximum Gasteiger partial charge on any atom is 0.324 e. The minimum Gasteiger partial charge on any atom is -0.459 e. The highest BCUT2D eigenvalue weighted by Crippen LogP contribution is 2.15. The molecular weight excluding hydrogens is 480 g/mol. The lowest BCUT2D eigenvalue weighted by molar-refractivity contribution is -0.153. The van der Waals surface area contributed by atoms with Gasteiger partial charge in [0.25, 0.3) is 11.8 Å². The SMILES string of the molecule is CC(=O)Nc1ccc(S(=O)(=O)N[C@@H](C)C(=O)OCC(=O)N2CCN(C(=O)c3ccco3)CC2)cc1. The molecule has 0 spiro atoms. The fraction of sp³-hybridized carbons (Fsp3) is 0.364. The molecule has 1 aromatic heterocycles. The highest BCUT2D eigenvalue weighted by molar-refractivity contribution is 7.89. The van der Waals surface area contributed by atoms with Gasteiger partial charge in [-0.15, -0.1) is 0 Å². The number of nitrogens with one attached hydrogen (secondary N) is 2. The summed E-state index contributed by atoms with van der Waals surface area (Å²) in [5.74, 6) is -1.71. The average molecular weight is 507 g/mol. The van der Waals surface area contributed by atoms with Crippen molar-refractivity contribution < 1.29 is 36.7 Å². The van der Waals surface area contributed by atoms with Gasteiger partial charge in [0.15, 0.2) is 12.4 Å². The van der Waals surface area contributed by atoms with Crippen LogP contribution in [0, 0.1) is 0 Å². The molecular formula is C22H26N4O8S. The quantitative estimate of drug-likeness (QED) is 0.489. The van der Waals surface area contributed by atoms with Crippen molar-refractivity contribution >= 4 is 39.4 Å². The molecule has 0 unspecified atom stereocenters. The lowest BCUT2D eigenvalue weighted by Gasteiger charge is -2.34. The van der Waals surface area contributed by atoms with Crippen molar-refractivity contribution in [2.45, 2.75) is 24.8 Å². The summed E-state index contributed by atoms with van der Waals surface area (Å²) < 4.78 is 37.3. The maximum absolute atomic E-state index is 12.5. The Labute approximate surface area is 202 Å². The van der Waals surface area contributed by atoms with Crippen molar-refractivity contribution in [3.63, 3.8) is 0 Å². The Hall–Kier alpha value is -3.71. The van der Waals surface area contributed by atoms with Crippen LogP contribution in [0.2, 0.25) is 0 Å². The van der Waals surface area contributed by atoms with E-state index in [4.69, 9.17) is 9.15 Å². The summed E-state index contributed by atoms with van der Waals surface area (Å²) in [7, 11) is -4.05. The van der Waals surface area contributed by atoms with Crippen LogP contribution in [0.15, 0.2) is 52.0 Å². The molecule has 3 amide bonds. The van der Waals surface area contributed by atoms with Crippen LogP contribution in [0.5, 0.6) is 0 Å². The summed E-state index contributed by atoms with van der Waals surface area (Å²) in [5, 5.41) is 2.52. The number of nitrogens with zero attached hydrogens (tertiary/aromatic N) is 2. The second-order valence-electron chi connectivity index (χ2n) is 7.81. The van der Waals surface area contributed by atoms with E-state index in [9.17, 15) is 27.6 Å². The zero-order valence-corrected chi connectivity index (χ0v) is 20.0. The molecule has 2 aromatic rings. The van der Waals surface area contributed by atoms with Crippen LogP contribution in [-0.4, -0.2) is 80.7 Å². The molecule has 1 atom stereocenters. The number of amides is 3. The molecule has 1 saturated heterocycles. The predicted molar refractivity (Wildman–Crippen MR) is 123 cm³/mol. The van der Waals surface area contributed by atoms with Crippen molar-refractivity contribution in [3.8, 4) is 0 Å². The Morgan fingerprint density at radius 1 is 1.03 bits per heavy atom. The molecule has 35 heavy (non-hydrogen) atoms. The number of piperazine rings is 1. The van der Waals surface area contributed by atoms with Crippen LogP contribution in [0.3, 0.4) is 0 Å². The summed E-state index contributed by atoms with van der Waals surface area (Å²) in [5.41, 5.74) is 0.425. The number of carbonyl (C=O) groups is 4. The number of sulfonamides is 1. The van der Waals surface area contributed by atoms with Gasteiger partial charge >= 0.3 is 5.97 Å². The zero-order chi connectivity index (χ0) is 25.6.